The number of hydrogen-bond donors (Lipinski definition) is 3. The zero-order valence-corrected chi connectivity index (χ0v) is 11.3. The highest BCUT2D eigenvalue weighted by Gasteiger charge is 2.19. The fourth-order valence-corrected chi connectivity index (χ4v) is 2.08. The molecule has 2 rings (SSSR count). The van der Waals surface area contributed by atoms with Crippen molar-refractivity contribution in [2.45, 2.75) is 20.3 Å². The summed E-state index contributed by atoms with van der Waals surface area (Å²) in [7, 11) is 0. The van der Waals surface area contributed by atoms with Gasteiger partial charge in [0.15, 0.2) is 5.78 Å². The summed E-state index contributed by atoms with van der Waals surface area (Å²) in [5.74, 6) is -0.466. The van der Waals surface area contributed by atoms with Gasteiger partial charge in [-0.3, -0.25) is 4.79 Å². The Morgan fingerprint density at radius 1 is 1.05 bits per heavy atom. The first-order valence-corrected chi connectivity index (χ1v) is 6.33. The van der Waals surface area contributed by atoms with Crippen molar-refractivity contribution in [3.05, 3.63) is 52.6 Å². The number of ketones is 1. The molecule has 0 aliphatic carbocycles. The molecule has 20 heavy (non-hydrogen) atoms. The quantitative estimate of drug-likeness (QED) is 0.751. The summed E-state index contributed by atoms with van der Waals surface area (Å²) in [5.41, 5.74) is 1.43. The summed E-state index contributed by atoms with van der Waals surface area (Å²) >= 11 is 0. The van der Waals surface area contributed by atoms with Gasteiger partial charge < -0.3 is 15.3 Å². The second-order valence-electron chi connectivity index (χ2n) is 4.64. The number of rotatable bonds is 3. The maximum Gasteiger partial charge on any atom is 0.196 e. The number of phenolic OH excluding ortho intramolecular Hbond substituents is 3. The van der Waals surface area contributed by atoms with Crippen molar-refractivity contribution in [1.82, 2.24) is 0 Å². The SMILES string of the molecule is CCc1cc(C(=O)c2ccc(O)cc2)c(O)c(C)c1O. The van der Waals surface area contributed by atoms with E-state index in [9.17, 15) is 20.1 Å². The number of benzene rings is 2. The Morgan fingerprint density at radius 2 is 1.65 bits per heavy atom. The molecule has 2 aromatic carbocycles. The Hall–Kier alpha value is -2.49. The first-order chi connectivity index (χ1) is 9.45. The van der Waals surface area contributed by atoms with Gasteiger partial charge in [0.25, 0.3) is 0 Å². The molecule has 0 saturated carbocycles. The number of carbonyl (C=O) groups is 1. The lowest BCUT2D eigenvalue weighted by Gasteiger charge is -2.12. The minimum atomic E-state index is -0.347. The molecule has 4 nitrogen and oxygen atoms in total. The third-order valence-corrected chi connectivity index (χ3v) is 3.34. The average molecular weight is 272 g/mol. The molecule has 0 amide bonds. The van der Waals surface area contributed by atoms with E-state index in [1.54, 1.807) is 6.92 Å². The van der Waals surface area contributed by atoms with E-state index in [4.69, 9.17) is 0 Å². The van der Waals surface area contributed by atoms with Crippen LogP contribution in [0.15, 0.2) is 30.3 Å². The number of carbonyl (C=O) groups excluding carboxylic acids is 1. The van der Waals surface area contributed by atoms with Crippen LogP contribution in [0.4, 0.5) is 0 Å². The van der Waals surface area contributed by atoms with Crippen LogP contribution in [0.25, 0.3) is 0 Å². The van der Waals surface area contributed by atoms with Crippen LogP contribution in [0, 0.1) is 6.92 Å². The van der Waals surface area contributed by atoms with Crippen LogP contribution in [-0.4, -0.2) is 21.1 Å². The zero-order chi connectivity index (χ0) is 14.9. The van der Waals surface area contributed by atoms with E-state index in [-0.39, 0.29) is 28.6 Å². The molecule has 0 radical (unpaired) electrons. The van der Waals surface area contributed by atoms with Crippen LogP contribution in [0.2, 0.25) is 0 Å². The number of hydrogen-bond acceptors (Lipinski definition) is 4. The molecule has 0 atom stereocenters. The molecule has 0 spiro atoms. The van der Waals surface area contributed by atoms with Crippen molar-refractivity contribution in [3.63, 3.8) is 0 Å². The highest BCUT2D eigenvalue weighted by Crippen LogP contribution is 2.34. The van der Waals surface area contributed by atoms with Crippen molar-refractivity contribution >= 4 is 5.78 Å². The van der Waals surface area contributed by atoms with Crippen molar-refractivity contribution in [2.75, 3.05) is 0 Å². The highest BCUT2D eigenvalue weighted by molar-refractivity contribution is 6.11. The van der Waals surface area contributed by atoms with E-state index in [1.165, 1.54) is 30.3 Å². The highest BCUT2D eigenvalue weighted by atomic mass is 16.3. The zero-order valence-electron chi connectivity index (χ0n) is 11.3. The average Bonchev–Trinajstić information content (AvgIpc) is 2.45. The molecule has 104 valence electrons. The molecule has 4 heteroatoms. The molecular weight excluding hydrogens is 256 g/mol. The summed E-state index contributed by atoms with van der Waals surface area (Å²) in [6.45, 7) is 3.43. The lowest BCUT2D eigenvalue weighted by molar-refractivity contribution is 0.103. The van der Waals surface area contributed by atoms with E-state index in [0.717, 1.165) is 0 Å². The van der Waals surface area contributed by atoms with Crippen LogP contribution in [0.3, 0.4) is 0 Å². The molecule has 0 unspecified atom stereocenters. The largest absolute Gasteiger partial charge is 0.508 e. The molecule has 0 bridgehead atoms. The normalized spacial score (nSPS) is 10.5. The Kier molecular flexibility index (Phi) is 3.66. The minimum absolute atomic E-state index is 0.0206. The maximum absolute atomic E-state index is 12.4. The topological polar surface area (TPSA) is 77.8 Å². The van der Waals surface area contributed by atoms with Gasteiger partial charge >= 0.3 is 0 Å². The fraction of sp³-hybridized carbons (Fsp3) is 0.188. The monoisotopic (exact) mass is 272 g/mol. The van der Waals surface area contributed by atoms with E-state index in [0.29, 0.717) is 23.1 Å². The van der Waals surface area contributed by atoms with Gasteiger partial charge in [-0.25, -0.2) is 0 Å². The van der Waals surface area contributed by atoms with Gasteiger partial charge in [-0.05, 0) is 49.2 Å². The van der Waals surface area contributed by atoms with E-state index in [1.807, 2.05) is 6.92 Å². The predicted octanol–water partition coefficient (Wildman–Crippen LogP) is 2.91. The molecule has 0 aliphatic heterocycles. The van der Waals surface area contributed by atoms with Crippen LogP contribution < -0.4 is 0 Å². The summed E-state index contributed by atoms with van der Waals surface area (Å²) in [4.78, 5) is 12.4. The Labute approximate surface area is 116 Å². The van der Waals surface area contributed by atoms with Gasteiger partial charge in [0.2, 0.25) is 0 Å². The van der Waals surface area contributed by atoms with E-state index >= 15 is 0 Å². The van der Waals surface area contributed by atoms with Gasteiger partial charge in [0, 0.05) is 11.1 Å². The van der Waals surface area contributed by atoms with Crippen molar-refractivity contribution < 1.29 is 20.1 Å². The van der Waals surface area contributed by atoms with Crippen LogP contribution >= 0.6 is 0 Å². The van der Waals surface area contributed by atoms with Gasteiger partial charge in [-0.1, -0.05) is 6.92 Å². The molecule has 0 fully saturated rings. The second-order valence-corrected chi connectivity index (χ2v) is 4.64. The van der Waals surface area contributed by atoms with Crippen LogP contribution in [-0.2, 0) is 6.42 Å². The van der Waals surface area contributed by atoms with Crippen LogP contribution in [0.5, 0.6) is 17.2 Å². The third kappa shape index (κ3) is 2.32. The second kappa shape index (κ2) is 5.25. The molecule has 2 aromatic rings. The molecule has 0 aromatic heterocycles. The summed E-state index contributed by atoms with van der Waals surface area (Å²) in [5, 5.41) is 29.2. The van der Waals surface area contributed by atoms with Gasteiger partial charge in [0.05, 0.1) is 5.56 Å². The summed E-state index contributed by atoms with van der Waals surface area (Å²) < 4.78 is 0. The van der Waals surface area contributed by atoms with Crippen molar-refractivity contribution in [3.8, 4) is 17.2 Å². The predicted molar refractivity (Wildman–Crippen MR) is 75.4 cm³/mol. The Bertz CT molecular complexity index is 657. The third-order valence-electron chi connectivity index (χ3n) is 3.34. The first kappa shape index (κ1) is 13.9. The van der Waals surface area contributed by atoms with Gasteiger partial charge in [0.1, 0.15) is 17.2 Å². The smallest absolute Gasteiger partial charge is 0.196 e. The summed E-state index contributed by atoms with van der Waals surface area (Å²) in [6, 6.07) is 7.32. The fourth-order valence-electron chi connectivity index (χ4n) is 2.08. The van der Waals surface area contributed by atoms with Crippen molar-refractivity contribution in [1.29, 1.82) is 0 Å². The lowest BCUT2D eigenvalue weighted by Crippen LogP contribution is -2.04. The minimum Gasteiger partial charge on any atom is -0.508 e. The van der Waals surface area contributed by atoms with Gasteiger partial charge in [-0.2, -0.15) is 0 Å². The number of aryl methyl sites for hydroxylation is 1. The van der Waals surface area contributed by atoms with E-state index in [2.05, 4.69) is 0 Å². The lowest BCUT2D eigenvalue weighted by atomic mass is 9.96. The molecule has 3 N–H and O–H groups in total. The molecular formula is C16H16O4. The maximum atomic E-state index is 12.4. The van der Waals surface area contributed by atoms with E-state index < -0.39 is 0 Å². The standard InChI is InChI=1S/C16H16O4/c1-3-10-8-13(15(19)9(2)14(10)18)16(20)11-4-6-12(17)7-5-11/h4-8,17-19H,3H2,1-2H3. The molecule has 0 aliphatic rings. The van der Waals surface area contributed by atoms with Crippen molar-refractivity contribution in [2.24, 2.45) is 0 Å². The Morgan fingerprint density at radius 3 is 2.20 bits per heavy atom. The number of phenols is 3. The van der Waals surface area contributed by atoms with Crippen LogP contribution in [0.1, 0.15) is 34.0 Å². The Balaban J connectivity index is 2.55. The number of aromatic hydroxyl groups is 3. The van der Waals surface area contributed by atoms with Gasteiger partial charge in [-0.15, -0.1) is 0 Å². The molecule has 0 saturated heterocycles. The molecule has 0 heterocycles. The summed E-state index contributed by atoms with van der Waals surface area (Å²) in [6.07, 6.45) is 0.558. The first-order valence-electron chi connectivity index (χ1n) is 6.33.